The third kappa shape index (κ3) is 3.69. The Morgan fingerprint density at radius 2 is 1.85 bits per heavy atom. The zero-order valence-corrected chi connectivity index (χ0v) is 19.2. The number of ether oxygens (including phenoxy) is 1. The van der Waals surface area contributed by atoms with Crippen LogP contribution in [-0.4, -0.2) is 48.7 Å². The first kappa shape index (κ1) is 21.6. The van der Waals surface area contributed by atoms with Gasteiger partial charge in [0.05, 0.1) is 24.0 Å². The summed E-state index contributed by atoms with van der Waals surface area (Å²) in [6, 6.07) is 18.3. The molecule has 0 radical (unpaired) electrons. The highest BCUT2D eigenvalue weighted by atomic mass is 32.2. The molecular formula is C25H25N3O4S. The van der Waals surface area contributed by atoms with Gasteiger partial charge in [-0.3, -0.25) is 9.78 Å². The van der Waals surface area contributed by atoms with Crippen molar-refractivity contribution in [1.82, 2.24) is 14.2 Å². The molecule has 3 heterocycles. The fourth-order valence-corrected chi connectivity index (χ4v) is 6.96. The zero-order valence-electron chi connectivity index (χ0n) is 18.3. The largest absolute Gasteiger partial charge is 0.497 e. The van der Waals surface area contributed by atoms with Crippen molar-refractivity contribution in [2.75, 3.05) is 20.2 Å². The molecule has 170 valence electrons. The topological polar surface area (TPSA) is 79.8 Å². The summed E-state index contributed by atoms with van der Waals surface area (Å²) in [6.07, 6.45) is 4.17. The van der Waals surface area contributed by atoms with Gasteiger partial charge in [0.2, 0.25) is 15.9 Å². The van der Waals surface area contributed by atoms with E-state index in [-0.39, 0.29) is 18.9 Å². The Bertz CT molecular complexity index is 1280. The van der Waals surface area contributed by atoms with Crippen molar-refractivity contribution >= 4 is 15.9 Å². The van der Waals surface area contributed by atoms with E-state index < -0.39 is 15.6 Å². The first-order chi connectivity index (χ1) is 15.9. The van der Waals surface area contributed by atoms with Crippen LogP contribution in [0.3, 0.4) is 0 Å². The van der Waals surface area contributed by atoms with E-state index >= 15 is 0 Å². The maximum absolute atomic E-state index is 13.6. The molecule has 1 fully saturated rings. The Hall–Kier alpha value is -3.23. The van der Waals surface area contributed by atoms with Gasteiger partial charge in [-0.2, -0.15) is 4.31 Å². The van der Waals surface area contributed by atoms with Crippen LogP contribution in [0.4, 0.5) is 0 Å². The fourth-order valence-electron chi connectivity index (χ4n) is 4.91. The number of methoxy groups -OCH3 is 1. The van der Waals surface area contributed by atoms with Crippen LogP contribution in [0.15, 0.2) is 78.0 Å². The van der Waals surface area contributed by atoms with E-state index in [4.69, 9.17) is 4.74 Å². The Kier molecular flexibility index (Phi) is 5.42. The van der Waals surface area contributed by atoms with Crippen molar-refractivity contribution in [3.63, 3.8) is 0 Å². The van der Waals surface area contributed by atoms with Crippen LogP contribution < -0.4 is 4.74 Å². The minimum atomic E-state index is -3.71. The normalized spacial score (nSPS) is 21.3. The number of carbonyl (C=O) groups excluding carboxylic acids is 1. The lowest BCUT2D eigenvalue weighted by molar-refractivity contribution is -0.129. The van der Waals surface area contributed by atoms with E-state index in [0.29, 0.717) is 30.2 Å². The van der Waals surface area contributed by atoms with Gasteiger partial charge in [0.15, 0.2) is 0 Å². The second-order valence-corrected chi connectivity index (χ2v) is 10.3. The van der Waals surface area contributed by atoms with Gasteiger partial charge in [-0.25, -0.2) is 8.42 Å². The van der Waals surface area contributed by atoms with Gasteiger partial charge in [-0.15, -0.1) is 0 Å². The molecule has 2 aromatic carbocycles. The van der Waals surface area contributed by atoms with Crippen molar-refractivity contribution < 1.29 is 17.9 Å². The molecule has 3 aromatic rings. The highest BCUT2D eigenvalue weighted by Crippen LogP contribution is 2.50. The Labute approximate surface area is 193 Å². The van der Waals surface area contributed by atoms with E-state index in [0.717, 1.165) is 16.7 Å². The van der Waals surface area contributed by atoms with Crippen LogP contribution in [0.1, 0.15) is 23.1 Å². The van der Waals surface area contributed by atoms with Crippen LogP contribution in [0, 0.1) is 0 Å². The molecule has 8 heteroatoms. The highest BCUT2D eigenvalue weighted by Gasteiger charge is 2.57. The molecule has 0 N–H and O–H groups in total. The number of amides is 1. The van der Waals surface area contributed by atoms with Crippen LogP contribution >= 0.6 is 0 Å². The molecule has 1 atom stereocenters. The lowest BCUT2D eigenvalue weighted by Crippen LogP contribution is -2.46. The van der Waals surface area contributed by atoms with Gasteiger partial charge in [0, 0.05) is 32.0 Å². The lowest BCUT2D eigenvalue weighted by atomic mass is 9.88. The number of nitrogens with zero attached hydrogens (tertiary/aromatic N) is 3. The summed E-state index contributed by atoms with van der Waals surface area (Å²) < 4.78 is 34.1. The molecule has 1 unspecified atom stereocenters. The number of likely N-dealkylation sites (tertiary alicyclic amines) is 1. The first-order valence-corrected chi connectivity index (χ1v) is 12.3. The van der Waals surface area contributed by atoms with Crippen molar-refractivity contribution in [3.8, 4) is 5.75 Å². The number of sulfonamides is 1. The summed E-state index contributed by atoms with van der Waals surface area (Å²) >= 11 is 0. The number of benzene rings is 2. The molecule has 1 saturated heterocycles. The molecule has 0 aliphatic carbocycles. The highest BCUT2D eigenvalue weighted by molar-refractivity contribution is 7.89. The number of carbonyl (C=O) groups is 1. The molecule has 1 aromatic heterocycles. The molecule has 1 amide bonds. The maximum Gasteiger partial charge on any atom is 0.244 e. The second kappa shape index (κ2) is 8.28. The monoisotopic (exact) mass is 463 g/mol. The van der Waals surface area contributed by atoms with Crippen molar-refractivity contribution in [1.29, 1.82) is 0 Å². The van der Waals surface area contributed by atoms with E-state index in [1.165, 1.54) is 0 Å². The first-order valence-electron chi connectivity index (χ1n) is 10.9. The third-order valence-electron chi connectivity index (χ3n) is 6.60. The Morgan fingerprint density at radius 3 is 2.58 bits per heavy atom. The van der Waals surface area contributed by atoms with Gasteiger partial charge < -0.3 is 9.64 Å². The van der Waals surface area contributed by atoms with Gasteiger partial charge in [0.25, 0.3) is 0 Å². The van der Waals surface area contributed by atoms with E-state index in [1.54, 1.807) is 40.8 Å². The summed E-state index contributed by atoms with van der Waals surface area (Å²) in [6.45, 7) is 1.06. The SMILES string of the molecule is COc1ccc(CN2C3(CCN(C(=O)Cc4cccnc4)C3)c3ccccc3S2(=O)=O)cc1. The number of hydrogen-bond acceptors (Lipinski definition) is 5. The standard InChI is InChI=1S/C25H25N3O4S/c1-32-21-10-8-19(9-11-21)17-28-25(22-6-2-3-7-23(22)33(28,30)31)12-14-27(18-25)24(29)15-20-5-4-13-26-16-20/h2-11,13,16H,12,14-15,17-18H2,1H3. The minimum absolute atomic E-state index is 0.0222. The summed E-state index contributed by atoms with van der Waals surface area (Å²) in [5.74, 6) is 0.695. The summed E-state index contributed by atoms with van der Waals surface area (Å²) in [4.78, 5) is 19.3. The van der Waals surface area contributed by atoms with Crippen LogP contribution in [0.2, 0.25) is 0 Å². The maximum atomic E-state index is 13.6. The molecular weight excluding hydrogens is 438 g/mol. The zero-order chi connectivity index (χ0) is 23.1. The molecule has 5 rings (SSSR count). The quantitative estimate of drug-likeness (QED) is 0.581. The summed E-state index contributed by atoms with van der Waals surface area (Å²) in [5, 5.41) is 0. The number of hydrogen-bond donors (Lipinski definition) is 0. The van der Waals surface area contributed by atoms with E-state index in [1.807, 2.05) is 48.5 Å². The molecule has 33 heavy (non-hydrogen) atoms. The minimum Gasteiger partial charge on any atom is -0.497 e. The van der Waals surface area contributed by atoms with Crippen molar-refractivity contribution in [3.05, 3.63) is 89.7 Å². The van der Waals surface area contributed by atoms with Crippen LogP contribution in [-0.2, 0) is 33.3 Å². The average Bonchev–Trinajstić information content (AvgIpc) is 3.36. The Morgan fingerprint density at radius 1 is 1.06 bits per heavy atom. The van der Waals surface area contributed by atoms with E-state index in [2.05, 4.69) is 4.98 Å². The predicted octanol–water partition coefficient (Wildman–Crippen LogP) is 2.97. The summed E-state index contributed by atoms with van der Waals surface area (Å²) in [7, 11) is -2.11. The van der Waals surface area contributed by atoms with Crippen molar-refractivity contribution in [2.24, 2.45) is 0 Å². The van der Waals surface area contributed by atoms with Crippen LogP contribution in [0.5, 0.6) is 5.75 Å². The van der Waals surface area contributed by atoms with Gasteiger partial charge >= 0.3 is 0 Å². The molecule has 7 nitrogen and oxygen atoms in total. The molecule has 0 bridgehead atoms. The lowest BCUT2D eigenvalue weighted by Gasteiger charge is -2.34. The molecule has 0 saturated carbocycles. The number of pyridine rings is 1. The van der Waals surface area contributed by atoms with Crippen molar-refractivity contribution in [2.45, 2.75) is 29.8 Å². The fraction of sp³-hybridized carbons (Fsp3) is 0.280. The molecule has 2 aliphatic heterocycles. The van der Waals surface area contributed by atoms with E-state index in [9.17, 15) is 13.2 Å². The Balaban J connectivity index is 1.48. The van der Waals surface area contributed by atoms with Crippen LogP contribution in [0.25, 0.3) is 0 Å². The van der Waals surface area contributed by atoms with Gasteiger partial charge in [0.1, 0.15) is 5.75 Å². The van der Waals surface area contributed by atoms with Gasteiger partial charge in [-0.1, -0.05) is 36.4 Å². The number of aromatic nitrogens is 1. The number of fused-ring (bicyclic) bond motifs is 2. The molecule has 1 spiro atoms. The number of rotatable bonds is 5. The summed E-state index contributed by atoms with van der Waals surface area (Å²) in [5.41, 5.74) is 1.71. The average molecular weight is 464 g/mol. The smallest absolute Gasteiger partial charge is 0.244 e. The third-order valence-corrected chi connectivity index (χ3v) is 8.57. The second-order valence-electron chi connectivity index (χ2n) is 8.49. The molecule has 2 aliphatic rings. The van der Waals surface area contributed by atoms with Gasteiger partial charge in [-0.05, 0) is 47.4 Å². The predicted molar refractivity (Wildman–Crippen MR) is 123 cm³/mol.